The minimum Gasteiger partial charge on any atom is -0.497 e. The molecule has 1 aromatic rings. The van der Waals surface area contributed by atoms with Crippen LogP contribution in [0.25, 0.3) is 0 Å². The van der Waals surface area contributed by atoms with Gasteiger partial charge in [-0.3, -0.25) is 14.4 Å². The molecule has 0 spiro atoms. The number of benzene rings is 1. The van der Waals surface area contributed by atoms with Crippen molar-refractivity contribution in [2.24, 2.45) is 0 Å². The highest BCUT2D eigenvalue weighted by atomic mass is 35.5. The van der Waals surface area contributed by atoms with Crippen LogP contribution in [0, 0.1) is 0 Å². The van der Waals surface area contributed by atoms with Crippen LogP contribution in [0.1, 0.15) is 64.9 Å². The molecule has 0 radical (unpaired) electrons. The third-order valence-corrected chi connectivity index (χ3v) is 7.26. The van der Waals surface area contributed by atoms with Crippen LogP contribution in [0.5, 0.6) is 5.75 Å². The number of ether oxygens (including phenoxy) is 5. The molecular formula is C31H39ClO9. The lowest BCUT2D eigenvalue weighted by Crippen LogP contribution is -2.37. The molecule has 2 heterocycles. The Morgan fingerprint density at radius 1 is 1.20 bits per heavy atom. The number of aliphatic hydroxyl groups excluding tert-OH is 1. The Morgan fingerprint density at radius 3 is 2.61 bits per heavy atom. The largest absolute Gasteiger partial charge is 0.497 e. The van der Waals surface area contributed by atoms with Crippen LogP contribution in [0.2, 0.25) is 0 Å². The average molecular weight is 591 g/mol. The van der Waals surface area contributed by atoms with E-state index in [2.05, 4.69) is 0 Å². The molecule has 0 saturated carbocycles. The normalized spacial score (nSPS) is 27.3. The molecule has 9 nitrogen and oxygen atoms in total. The maximum absolute atomic E-state index is 12.9. The molecule has 3 rings (SSSR count). The summed E-state index contributed by atoms with van der Waals surface area (Å²) in [5, 5.41) is 11.7. The summed E-state index contributed by atoms with van der Waals surface area (Å²) in [5.74, 6) is -0.806. The first-order valence-electron chi connectivity index (χ1n) is 13.7. The van der Waals surface area contributed by atoms with Crippen molar-refractivity contribution in [3.8, 4) is 5.75 Å². The first kappa shape index (κ1) is 32.4. The lowest BCUT2D eigenvalue weighted by Gasteiger charge is -2.24. The first-order valence-corrected chi connectivity index (χ1v) is 14.1. The zero-order chi connectivity index (χ0) is 29.9. The number of hydrogen-bond donors (Lipinski definition) is 1. The fourth-order valence-corrected chi connectivity index (χ4v) is 4.94. The molecule has 41 heavy (non-hydrogen) atoms. The Hall–Kier alpha value is -3.14. The summed E-state index contributed by atoms with van der Waals surface area (Å²) in [6.45, 7) is 4.89. The van der Waals surface area contributed by atoms with Gasteiger partial charge in [0.25, 0.3) is 0 Å². The fraction of sp³-hybridized carbons (Fsp3) is 0.516. The standard InChI is InChI=1S/C31H39ClO9/c1-19(15-29(35)38-18-22-8-11-24(37-4)12-9-22)14-26(34)31-28-16-25(40-31)13-10-23(32)7-5-6-20(2)27(39-21(3)33)17-30(36)41-28/h6-9,11-12,14,25-28,31,34H,5,10,13,15-18H2,1-4H3/b19-14+,20-6-,23-7-/t25-,26-,27-,28-,31-/m1/s1. The molecule has 5 atom stereocenters. The van der Waals surface area contributed by atoms with E-state index in [1.807, 2.05) is 24.3 Å². The quantitative estimate of drug-likeness (QED) is 0.251. The number of methoxy groups -OCH3 is 1. The number of fused-ring (bicyclic) bond motifs is 2. The minimum absolute atomic E-state index is 0.0239. The molecule has 0 unspecified atom stereocenters. The first-order chi connectivity index (χ1) is 19.5. The molecule has 1 fully saturated rings. The van der Waals surface area contributed by atoms with Crippen molar-refractivity contribution in [1.29, 1.82) is 0 Å². The van der Waals surface area contributed by atoms with Crippen molar-refractivity contribution in [2.45, 2.75) is 96.4 Å². The Kier molecular flexibility index (Phi) is 12.4. The lowest BCUT2D eigenvalue weighted by atomic mass is 10.0. The van der Waals surface area contributed by atoms with Crippen LogP contribution in [0.15, 0.2) is 58.7 Å². The molecule has 0 aromatic heterocycles. The van der Waals surface area contributed by atoms with Gasteiger partial charge in [0.15, 0.2) is 0 Å². The smallest absolute Gasteiger partial charge is 0.310 e. The number of aliphatic hydroxyl groups is 1. The predicted molar refractivity (Wildman–Crippen MR) is 152 cm³/mol. The summed E-state index contributed by atoms with van der Waals surface area (Å²) < 4.78 is 27.7. The van der Waals surface area contributed by atoms with Gasteiger partial charge in [-0.15, -0.1) is 0 Å². The van der Waals surface area contributed by atoms with E-state index in [9.17, 15) is 19.5 Å². The molecular weight excluding hydrogens is 552 g/mol. The molecule has 1 saturated heterocycles. The van der Waals surface area contributed by atoms with Gasteiger partial charge in [-0.25, -0.2) is 0 Å². The van der Waals surface area contributed by atoms with Crippen molar-refractivity contribution >= 4 is 29.5 Å². The predicted octanol–water partition coefficient (Wildman–Crippen LogP) is 5.08. The molecule has 2 bridgehead atoms. The van der Waals surface area contributed by atoms with E-state index < -0.39 is 42.3 Å². The van der Waals surface area contributed by atoms with Gasteiger partial charge in [-0.2, -0.15) is 0 Å². The highest BCUT2D eigenvalue weighted by Crippen LogP contribution is 2.32. The number of allylic oxidation sites excluding steroid dienone is 3. The Bertz CT molecular complexity index is 1150. The number of rotatable bonds is 8. The van der Waals surface area contributed by atoms with Crippen LogP contribution >= 0.6 is 11.6 Å². The topological polar surface area (TPSA) is 118 Å². The monoisotopic (exact) mass is 590 g/mol. The van der Waals surface area contributed by atoms with Crippen LogP contribution in [0.4, 0.5) is 0 Å². The summed E-state index contributed by atoms with van der Waals surface area (Å²) >= 11 is 6.41. The van der Waals surface area contributed by atoms with Gasteiger partial charge in [0.2, 0.25) is 0 Å². The Morgan fingerprint density at radius 2 is 1.93 bits per heavy atom. The van der Waals surface area contributed by atoms with E-state index in [4.69, 9.17) is 35.3 Å². The highest BCUT2D eigenvalue weighted by molar-refractivity contribution is 6.29. The van der Waals surface area contributed by atoms with Gasteiger partial charge in [0.1, 0.15) is 36.8 Å². The second-order valence-electron chi connectivity index (χ2n) is 10.4. The van der Waals surface area contributed by atoms with E-state index in [1.54, 1.807) is 33.1 Å². The SMILES string of the molecule is COc1ccc(COC(=O)C/C(C)=C/[C@@H](O)[C@H]2O[C@@H]3CC/C(Cl)=C/C/C=C(/C)[C@H](OC(C)=O)CC(=O)O[C@@H]2C3)cc1. The van der Waals surface area contributed by atoms with Gasteiger partial charge in [-0.1, -0.05) is 47.5 Å². The zero-order valence-electron chi connectivity index (χ0n) is 24.0. The summed E-state index contributed by atoms with van der Waals surface area (Å²) in [4.78, 5) is 36.9. The van der Waals surface area contributed by atoms with Crippen LogP contribution in [0.3, 0.4) is 0 Å². The number of hydrogen-bond acceptors (Lipinski definition) is 9. The Labute approximate surface area is 246 Å². The Balaban J connectivity index is 1.66. The lowest BCUT2D eigenvalue weighted by molar-refractivity contribution is -0.159. The third kappa shape index (κ3) is 10.6. The third-order valence-electron chi connectivity index (χ3n) is 6.92. The van der Waals surface area contributed by atoms with Crippen molar-refractivity contribution in [3.63, 3.8) is 0 Å². The summed E-state index contributed by atoms with van der Waals surface area (Å²) in [6, 6.07) is 7.20. The summed E-state index contributed by atoms with van der Waals surface area (Å²) in [7, 11) is 1.58. The maximum atomic E-state index is 12.9. The molecule has 224 valence electrons. The molecule has 0 aliphatic carbocycles. The van der Waals surface area contributed by atoms with Gasteiger partial charge in [0.05, 0.1) is 26.1 Å². The van der Waals surface area contributed by atoms with Crippen LogP contribution < -0.4 is 4.74 Å². The molecule has 1 N–H and O–H groups in total. The van der Waals surface area contributed by atoms with Gasteiger partial charge < -0.3 is 28.8 Å². The van der Waals surface area contributed by atoms with E-state index in [0.29, 0.717) is 47.6 Å². The number of carbonyl (C=O) groups is 3. The zero-order valence-corrected chi connectivity index (χ0v) is 24.7. The molecule has 0 amide bonds. The second kappa shape index (κ2) is 15.7. The van der Waals surface area contributed by atoms with Crippen molar-refractivity contribution in [1.82, 2.24) is 0 Å². The molecule has 2 aliphatic heterocycles. The van der Waals surface area contributed by atoms with Crippen molar-refractivity contribution in [2.75, 3.05) is 7.11 Å². The van der Waals surface area contributed by atoms with Crippen LogP contribution in [-0.4, -0.2) is 60.6 Å². The van der Waals surface area contributed by atoms with Crippen molar-refractivity contribution in [3.05, 3.63) is 64.2 Å². The second-order valence-corrected chi connectivity index (χ2v) is 10.8. The van der Waals surface area contributed by atoms with Crippen LogP contribution in [-0.2, 0) is 39.9 Å². The fourth-order valence-electron chi connectivity index (χ4n) is 4.74. The summed E-state index contributed by atoms with van der Waals surface area (Å²) in [6.07, 6.45) is 3.34. The van der Waals surface area contributed by atoms with E-state index in [0.717, 1.165) is 5.56 Å². The van der Waals surface area contributed by atoms with E-state index in [-0.39, 0.29) is 25.6 Å². The number of esters is 3. The van der Waals surface area contributed by atoms with Gasteiger partial charge >= 0.3 is 17.9 Å². The molecule has 1 aromatic carbocycles. The van der Waals surface area contributed by atoms with Gasteiger partial charge in [-0.05, 0) is 56.4 Å². The van der Waals surface area contributed by atoms with E-state index >= 15 is 0 Å². The average Bonchev–Trinajstić information content (AvgIpc) is 3.32. The number of halogens is 1. The molecule has 10 heteroatoms. The highest BCUT2D eigenvalue weighted by Gasteiger charge is 2.41. The van der Waals surface area contributed by atoms with E-state index in [1.165, 1.54) is 13.0 Å². The van der Waals surface area contributed by atoms with Crippen molar-refractivity contribution < 1.29 is 43.2 Å². The number of carbonyl (C=O) groups excluding carboxylic acids is 3. The van der Waals surface area contributed by atoms with Gasteiger partial charge in [0, 0.05) is 18.4 Å². The molecule has 2 aliphatic rings. The summed E-state index contributed by atoms with van der Waals surface area (Å²) in [5.41, 5.74) is 2.12. The maximum Gasteiger partial charge on any atom is 0.310 e. The minimum atomic E-state index is -1.14.